The van der Waals surface area contributed by atoms with Crippen molar-refractivity contribution in [2.24, 2.45) is 0 Å². The third kappa shape index (κ3) is 4.42. The number of amides is 2. The maximum atomic E-state index is 13.1. The molecular formula is C21H27N3O4. The molecule has 7 nitrogen and oxygen atoms in total. The third-order valence-corrected chi connectivity index (χ3v) is 5.20. The zero-order valence-corrected chi connectivity index (χ0v) is 16.9. The summed E-state index contributed by atoms with van der Waals surface area (Å²) < 4.78 is 10.8. The molecule has 1 aliphatic rings. The molecule has 0 aliphatic carbocycles. The number of carbonyl (C=O) groups is 2. The summed E-state index contributed by atoms with van der Waals surface area (Å²) in [6, 6.07) is 5.76. The van der Waals surface area contributed by atoms with Gasteiger partial charge >= 0.3 is 0 Å². The first-order valence-corrected chi connectivity index (χ1v) is 9.56. The van der Waals surface area contributed by atoms with Crippen LogP contribution in [-0.4, -0.2) is 47.7 Å². The van der Waals surface area contributed by atoms with E-state index in [1.807, 2.05) is 32.0 Å². The molecule has 1 aromatic carbocycles. The second-order valence-corrected chi connectivity index (χ2v) is 7.32. The van der Waals surface area contributed by atoms with Crippen molar-refractivity contribution in [2.75, 3.05) is 25.0 Å². The molecule has 0 saturated carbocycles. The number of benzene rings is 1. The van der Waals surface area contributed by atoms with Crippen molar-refractivity contribution in [3.8, 4) is 0 Å². The Morgan fingerprint density at radius 1 is 1.25 bits per heavy atom. The van der Waals surface area contributed by atoms with Crippen LogP contribution in [0.4, 0.5) is 5.69 Å². The highest BCUT2D eigenvalue weighted by molar-refractivity contribution is 6.00. The van der Waals surface area contributed by atoms with Gasteiger partial charge in [-0.05, 0) is 57.7 Å². The van der Waals surface area contributed by atoms with Gasteiger partial charge in [-0.1, -0.05) is 17.3 Å². The SMILES string of the molecule is Cc1cccc(NC(=O)CN(CC2CCCO2)C(=O)c2c(C)noc2C)c1C. The van der Waals surface area contributed by atoms with Crippen LogP contribution >= 0.6 is 0 Å². The molecule has 2 aromatic rings. The van der Waals surface area contributed by atoms with E-state index in [1.165, 1.54) is 4.90 Å². The van der Waals surface area contributed by atoms with Gasteiger partial charge < -0.3 is 19.5 Å². The predicted molar refractivity (Wildman–Crippen MR) is 105 cm³/mol. The monoisotopic (exact) mass is 385 g/mol. The Balaban J connectivity index is 1.77. The zero-order valence-electron chi connectivity index (χ0n) is 16.9. The Labute approximate surface area is 165 Å². The number of aromatic nitrogens is 1. The van der Waals surface area contributed by atoms with Crippen LogP contribution in [0.2, 0.25) is 0 Å². The normalized spacial score (nSPS) is 16.2. The van der Waals surface area contributed by atoms with E-state index in [0.717, 1.165) is 29.7 Å². The smallest absolute Gasteiger partial charge is 0.259 e. The second-order valence-electron chi connectivity index (χ2n) is 7.32. The minimum atomic E-state index is -0.261. The first-order valence-electron chi connectivity index (χ1n) is 9.56. The molecule has 1 aliphatic heterocycles. The van der Waals surface area contributed by atoms with Crippen molar-refractivity contribution >= 4 is 17.5 Å². The lowest BCUT2D eigenvalue weighted by Gasteiger charge is -2.25. The van der Waals surface area contributed by atoms with Crippen molar-refractivity contribution in [1.29, 1.82) is 0 Å². The number of rotatable bonds is 6. The molecular weight excluding hydrogens is 358 g/mol. The molecule has 1 N–H and O–H groups in total. The van der Waals surface area contributed by atoms with Gasteiger partial charge in [-0.2, -0.15) is 0 Å². The Kier molecular flexibility index (Phi) is 6.14. The average Bonchev–Trinajstić information content (AvgIpc) is 3.27. The molecule has 1 atom stereocenters. The van der Waals surface area contributed by atoms with Gasteiger partial charge in [0.25, 0.3) is 5.91 Å². The van der Waals surface area contributed by atoms with Crippen LogP contribution in [0.15, 0.2) is 22.7 Å². The Morgan fingerprint density at radius 3 is 2.68 bits per heavy atom. The number of aryl methyl sites for hydroxylation is 3. The molecule has 7 heteroatoms. The fourth-order valence-corrected chi connectivity index (χ4v) is 3.45. The Bertz CT molecular complexity index is 849. The fourth-order valence-electron chi connectivity index (χ4n) is 3.45. The summed E-state index contributed by atoms with van der Waals surface area (Å²) in [6.07, 6.45) is 1.79. The second kappa shape index (κ2) is 8.56. The lowest BCUT2D eigenvalue weighted by Crippen LogP contribution is -2.42. The van der Waals surface area contributed by atoms with Crippen LogP contribution in [0.1, 0.15) is 45.8 Å². The van der Waals surface area contributed by atoms with Crippen LogP contribution in [0, 0.1) is 27.7 Å². The molecule has 28 heavy (non-hydrogen) atoms. The van der Waals surface area contributed by atoms with Crippen molar-refractivity contribution in [2.45, 2.75) is 46.6 Å². The summed E-state index contributed by atoms with van der Waals surface area (Å²) in [6.45, 7) is 8.38. The minimum Gasteiger partial charge on any atom is -0.376 e. The van der Waals surface area contributed by atoms with E-state index in [1.54, 1.807) is 13.8 Å². The number of carbonyl (C=O) groups excluding carboxylic acids is 2. The number of nitrogens with one attached hydrogen (secondary N) is 1. The number of anilines is 1. The fraction of sp³-hybridized carbons (Fsp3) is 0.476. The summed E-state index contributed by atoms with van der Waals surface area (Å²) >= 11 is 0. The molecule has 3 rings (SSSR count). The lowest BCUT2D eigenvalue weighted by atomic mass is 10.1. The van der Waals surface area contributed by atoms with Crippen molar-refractivity contribution in [1.82, 2.24) is 10.1 Å². The molecule has 1 fully saturated rings. The van der Waals surface area contributed by atoms with Crippen LogP contribution in [0.3, 0.4) is 0 Å². The van der Waals surface area contributed by atoms with Crippen LogP contribution in [0.5, 0.6) is 0 Å². The highest BCUT2D eigenvalue weighted by Crippen LogP contribution is 2.20. The van der Waals surface area contributed by atoms with Crippen molar-refractivity contribution < 1.29 is 18.8 Å². The maximum Gasteiger partial charge on any atom is 0.259 e. The average molecular weight is 385 g/mol. The predicted octanol–water partition coefficient (Wildman–Crippen LogP) is 3.17. The van der Waals surface area contributed by atoms with Crippen LogP contribution in [-0.2, 0) is 9.53 Å². The number of nitrogens with zero attached hydrogens (tertiary/aromatic N) is 2. The standard InChI is InChI=1S/C21H27N3O4/c1-13-7-5-9-18(14(13)2)22-19(25)12-24(11-17-8-6-10-27-17)21(26)20-15(3)23-28-16(20)4/h5,7,9,17H,6,8,10-12H2,1-4H3,(H,22,25). The summed E-state index contributed by atoms with van der Waals surface area (Å²) in [4.78, 5) is 27.4. The first-order chi connectivity index (χ1) is 13.4. The first kappa shape index (κ1) is 20.1. The molecule has 150 valence electrons. The quantitative estimate of drug-likeness (QED) is 0.826. The van der Waals surface area contributed by atoms with Crippen LogP contribution < -0.4 is 5.32 Å². The van der Waals surface area contributed by atoms with Gasteiger partial charge in [0.15, 0.2) is 0 Å². The lowest BCUT2D eigenvalue weighted by molar-refractivity contribution is -0.117. The van der Waals surface area contributed by atoms with E-state index >= 15 is 0 Å². The number of ether oxygens (including phenoxy) is 1. The Hall–Kier alpha value is -2.67. The number of hydrogen-bond donors (Lipinski definition) is 1. The summed E-state index contributed by atoms with van der Waals surface area (Å²) in [5.41, 5.74) is 3.80. The molecule has 0 bridgehead atoms. The van der Waals surface area contributed by atoms with E-state index < -0.39 is 0 Å². The minimum absolute atomic E-state index is 0.0575. The molecule has 1 saturated heterocycles. The maximum absolute atomic E-state index is 13.1. The van der Waals surface area contributed by atoms with E-state index in [4.69, 9.17) is 9.26 Å². The summed E-state index contributed by atoms with van der Waals surface area (Å²) in [7, 11) is 0. The molecule has 0 spiro atoms. The van der Waals surface area contributed by atoms with Gasteiger partial charge in [0.1, 0.15) is 17.9 Å². The summed E-state index contributed by atoms with van der Waals surface area (Å²) in [5.74, 6) is -0.0514. The highest BCUT2D eigenvalue weighted by atomic mass is 16.5. The zero-order chi connectivity index (χ0) is 20.3. The topological polar surface area (TPSA) is 84.7 Å². The van der Waals surface area contributed by atoms with E-state index in [-0.39, 0.29) is 24.5 Å². The van der Waals surface area contributed by atoms with E-state index in [2.05, 4.69) is 10.5 Å². The number of hydrogen-bond acceptors (Lipinski definition) is 5. The highest BCUT2D eigenvalue weighted by Gasteiger charge is 2.29. The summed E-state index contributed by atoms with van der Waals surface area (Å²) in [5, 5.41) is 6.79. The van der Waals surface area contributed by atoms with E-state index in [0.29, 0.717) is 30.2 Å². The van der Waals surface area contributed by atoms with Gasteiger partial charge in [0.05, 0.1) is 11.8 Å². The van der Waals surface area contributed by atoms with E-state index in [9.17, 15) is 9.59 Å². The Morgan fingerprint density at radius 2 is 2.04 bits per heavy atom. The largest absolute Gasteiger partial charge is 0.376 e. The molecule has 1 aromatic heterocycles. The van der Waals surface area contributed by atoms with Crippen molar-refractivity contribution in [3.05, 3.63) is 46.3 Å². The van der Waals surface area contributed by atoms with Gasteiger partial charge in [0, 0.05) is 18.8 Å². The van der Waals surface area contributed by atoms with Crippen LogP contribution in [0.25, 0.3) is 0 Å². The van der Waals surface area contributed by atoms with Gasteiger partial charge in [-0.15, -0.1) is 0 Å². The molecule has 2 heterocycles. The third-order valence-electron chi connectivity index (χ3n) is 5.20. The van der Waals surface area contributed by atoms with Gasteiger partial charge in [-0.3, -0.25) is 9.59 Å². The van der Waals surface area contributed by atoms with Gasteiger partial charge in [0.2, 0.25) is 5.91 Å². The molecule has 2 amide bonds. The molecule has 1 unspecified atom stereocenters. The molecule has 0 radical (unpaired) electrons. The van der Waals surface area contributed by atoms with Gasteiger partial charge in [-0.25, -0.2) is 0 Å². The van der Waals surface area contributed by atoms with Crippen molar-refractivity contribution in [3.63, 3.8) is 0 Å².